The summed E-state index contributed by atoms with van der Waals surface area (Å²) in [5, 5.41) is 9.57. The summed E-state index contributed by atoms with van der Waals surface area (Å²) in [5.41, 5.74) is 2.63. The lowest BCUT2D eigenvalue weighted by Crippen LogP contribution is -2.52. The molecule has 1 N–H and O–H groups in total. The Bertz CT molecular complexity index is 737. The Hall–Kier alpha value is -2.14. The maximum Gasteiger partial charge on any atom is 0.307 e. The van der Waals surface area contributed by atoms with Crippen molar-refractivity contribution in [3.8, 4) is 0 Å². The highest BCUT2D eigenvalue weighted by atomic mass is 16.4. The van der Waals surface area contributed by atoms with Gasteiger partial charge in [-0.1, -0.05) is 36.4 Å². The summed E-state index contributed by atoms with van der Waals surface area (Å²) < 4.78 is 0. The smallest absolute Gasteiger partial charge is 0.307 e. The van der Waals surface area contributed by atoms with Gasteiger partial charge < -0.3 is 10.0 Å². The number of aliphatic carboxylic acids is 1. The van der Waals surface area contributed by atoms with Crippen LogP contribution in [-0.2, 0) is 16.1 Å². The van der Waals surface area contributed by atoms with Gasteiger partial charge in [-0.3, -0.25) is 14.5 Å². The lowest BCUT2D eigenvalue weighted by molar-refractivity contribution is -0.151. The van der Waals surface area contributed by atoms with Crippen LogP contribution in [0.4, 0.5) is 0 Å². The highest BCUT2D eigenvalue weighted by Gasteiger charge is 2.52. The number of piperazine rings is 1. The fraction of sp³-hybridized carbons (Fsp3) is 0.524. The van der Waals surface area contributed by atoms with Crippen LogP contribution < -0.4 is 0 Å². The number of carbonyl (C=O) groups is 2. The fourth-order valence-electron chi connectivity index (χ4n) is 4.86. The topological polar surface area (TPSA) is 60.9 Å². The zero-order valence-electron chi connectivity index (χ0n) is 15.2. The first-order chi connectivity index (χ1) is 12.5. The Morgan fingerprint density at radius 3 is 2.35 bits per heavy atom. The first-order valence-electron chi connectivity index (χ1n) is 9.51. The lowest BCUT2D eigenvalue weighted by Gasteiger charge is -2.38. The SMILES string of the molecule is Cc1ccccc1CN1CCN(C(=O)[C@@H]2[C@H](C(=O)O)[C@H]3C=C[C@H]2C3)CC1. The van der Waals surface area contributed by atoms with Gasteiger partial charge in [-0.05, 0) is 36.3 Å². The molecule has 26 heavy (non-hydrogen) atoms. The Balaban J connectivity index is 1.37. The maximum atomic E-state index is 13.0. The summed E-state index contributed by atoms with van der Waals surface area (Å²) in [4.78, 5) is 29.0. The molecule has 3 aliphatic rings. The van der Waals surface area contributed by atoms with E-state index in [0.717, 1.165) is 26.1 Å². The van der Waals surface area contributed by atoms with Crippen molar-refractivity contribution in [2.75, 3.05) is 26.2 Å². The van der Waals surface area contributed by atoms with Crippen molar-refractivity contribution in [3.63, 3.8) is 0 Å². The van der Waals surface area contributed by atoms with Crippen LogP contribution in [0.3, 0.4) is 0 Å². The molecule has 0 radical (unpaired) electrons. The third-order valence-corrected chi connectivity index (χ3v) is 6.37. The second-order valence-corrected chi connectivity index (χ2v) is 7.87. The first kappa shape index (κ1) is 17.3. The van der Waals surface area contributed by atoms with Crippen LogP contribution in [0.2, 0.25) is 0 Å². The van der Waals surface area contributed by atoms with Crippen LogP contribution in [0.5, 0.6) is 0 Å². The molecule has 5 heteroatoms. The van der Waals surface area contributed by atoms with Crippen molar-refractivity contribution in [3.05, 3.63) is 47.5 Å². The largest absolute Gasteiger partial charge is 0.481 e. The van der Waals surface area contributed by atoms with E-state index in [-0.39, 0.29) is 23.7 Å². The van der Waals surface area contributed by atoms with E-state index in [9.17, 15) is 14.7 Å². The Morgan fingerprint density at radius 2 is 1.69 bits per heavy atom. The van der Waals surface area contributed by atoms with E-state index >= 15 is 0 Å². The molecule has 138 valence electrons. The number of allylic oxidation sites excluding steroid dienone is 2. The molecule has 0 unspecified atom stereocenters. The van der Waals surface area contributed by atoms with Crippen LogP contribution in [0.1, 0.15) is 17.5 Å². The third kappa shape index (κ3) is 3.05. The Kier molecular flexibility index (Phi) is 4.57. The molecular weight excluding hydrogens is 328 g/mol. The number of aryl methyl sites for hydroxylation is 1. The fourth-order valence-corrected chi connectivity index (χ4v) is 4.86. The normalized spacial score (nSPS) is 30.7. The summed E-state index contributed by atoms with van der Waals surface area (Å²) in [6.07, 6.45) is 4.87. The highest BCUT2D eigenvalue weighted by Crippen LogP contribution is 2.48. The molecule has 1 saturated carbocycles. The molecule has 1 saturated heterocycles. The molecule has 0 aromatic heterocycles. The molecule has 2 bridgehead atoms. The number of amides is 1. The molecular formula is C21H26N2O3. The van der Waals surface area contributed by atoms with Crippen molar-refractivity contribution in [1.29, 1.82) is 0 Å². The third-order valence-electron chi connectivity index (χ3n) is 6.37. The molecule has 4 rings (SSSR count). The predicted molar refractivity (Wildman–Crippen MR) is 98.4 cm³/mol. The number of rotatable bonds is 4. The van der Waals surface area contributed by atoms with E-state index in [4.69, 9.17) is 0 Å². The zero-order chi connectivity index (χ0) is 18.3. The number of hydrogen-bond donors (Lipinski definition) is 1. The number of hydrogen-bond acceptors (Lipinski definition) is 3. The Morgan fingerprint density at radius 1 is 1.04 bits per heavy atom. The van der Waals surface area contributed by atoms with Gasteiger partial charge >= 0.3 is 5.97 Å². The molecule has 2 fully saturated rings. The average molecular weight is 354 g/mol. The van der Waals surface area contributed by atoms with Crippen molar-refractivity contribution in [2.24, 2.45) is 23.7 Å². The van der Waals surface area contributed by atoms with Gasteiger partial charge in [0.05, 0.1) is 11.8 Å². The minimum absolute atomic E-state index is 0.0359. The van der Waals surface area contributed by atoms with E-state index in [2.05, 4.69) is 42.2 Å². The minimum atomic E-state index is -0.821. The van der Waals surface area contributed by atoms with Gasteiger partial charge in [-0.2, -0.15) is 0 Å². The van der Waals surface area contributed by atoms with Crippen LogP contribution >= 0.6 is 0 Å². The van der Waals surface area contributed by atoms with Crippen LogP contribution in [-0.4, -0.2) is 53.0 Å². The van der Waals surface area contributed by atoms with Gasteiger partial charge in [-0.25, -0.2) is 0 Å². The summed E-state index contributed by atoms with van der Waals surface area (Å²) in [6, 6.07) is 8.41. The van der Waals surface area contributed by atoms with E-state index in [0.29, 0.717) is 13.1 Å². The molecule has 4 atom stereocenters. The number of benzene rings is 1. The monoisotopic (exact) mass is 354 g/mol. The van der Waals surface area contributed by atoms with Gasteiger partial charge in [0.2, 0.25) is 5.91 Å². The summed E-state index contributed by atoms with van der Waals surface area (Å²) in [7, 11) is 0. The summed E-state index contributed by atoms with van der Waals surface area (Å²) in [5.74, 6) is -1.54. The standard InChI is InChI=1S/C21H26N2O3/c1-14-4-2-3-5-17(14)13-22-8-10-23(11-9-22)20(24)18-15-6-7-16(12-15)19(18)21(25)26/h2-7,15-16,18-19H,8-13H2,1H3,(H,25,26)/t15-,16-,18-,19+/m0/s1. The number of nitrogens with zero attached hydrogens (tertiary/aromatic N) is 2. The average Bonchev–Trinajstić information content (AvgIpc) is 3.25. The number of carboxylic acids is 1. The number of carboxylic acid groups (broad SMARTS) is 1. The van der Waals surface area contributed by atoms with Crippen LogP contribution in [0, 0.1) is 30.6 Å². The molecule has 1 amide bonds. The zero-order valence-corrected chi connectivity index (χ0v) is 15.2. The van der Waals surface area contributed by atoms with Crippen molar-refractivity contribution in [1.82, 2.24) is 9.80 Å². The predicted octanol–water partition coefficient (Wildman–Crippen LogP) is 2.16. The first-order valence-corrected chi connectivity index (χ1v) is 9.51. The van der Waals surface area contributed by atoms with Crippen molar-refractivity contribution < 1.29 is 14.7 Å². The van der Waals surface area contributed by atoms with Gasteiger partial charge in [0.1, 0.15) is 0 Å². The van der Waals surface area contributed by atoms with Crippen LogP contribution in [0.25, 0.3) is 0 Å². The summed E-state index contributed by atoms with van der Waals surface area (Å²) in [6.45, 7) is 6.10. The van der Waals surface area contributed by atoms with Crippen molar-refractivity contribution in [2.45, 2.75) is 19.9 Å². The molecule has 0 spiro atoms. The van der Waals surface area contributed by atoms with Crippen LogP contribution in [0.15, 0.2) is 36.4 Å². The van der Waals surface area contributed by atoms with Gasteiger partial charge in [-0.15, -0.1) is 0 Å². The molecule has 1 heterocycles. The lowest BCUT2D eigenvalue weighted by atomic mass is 9.82. The second kappa shape index (κ2) is 6.88. The quantitative estimate of drug-likeness (QED) is 0.842. The van der Waals surface area contributed by atoms with Crippen molar-refractivity contribution >= 4 is 11.9 Å². The van der Waals surface area contributed by atoms with Gasteiger partial charge in [0.15, 0.2) is 0 Å². The molecule has 5 nitrogen and oxygen atoms in total. The minimum Gasteiger partial charge on any atom is -0.481 e. The maximum absolute atomic E-state index is 13.0. The van der Waals surface area contributed by atoms with Gasteiger partial charge in [0.25, 0.3) is 0 Å². The second-order valence-electron chi connectivity index (χ2n) is 7.87. The highest BCUT2D eigenvalue weighted by molar-refractivity contribution is 5.87. The Labute approximate surface area is 154 Å². The van der Waals surface area contributed by atoms with E-state index in [1.807, 2.05) is 11.0 Å². The molecule has 1 aromatic rings. The summed E-state index contributed by atoms with van der Waals surface area (Å²) >= 11 is 0. The molecule has 1 aromatic carbocycles. The number of fused-ring (bicyclic) bond motifs is 2. The van der Waals surface area contributed by atoms with E-state index < -0.39 is 11.9 Å². The van der Waals surface area contributed by atoms with E-state index in [1.165, 1.54) is 11.1 Å². The van der Waals surface area contributed by atoms with Gasteiger partial charge in [0, 0.05) is 32.7 Å². The number of carbonyl (C=O) groups excluding carboxylic acids is 1. The van der Waals surface area contributed by atoms with E-state index in [1.54, 1.807) is 0 Å². The molecule has 1 aliphatic heterocycles. The molecule has 2 aliphatic carbocycles.